The number of hydrogen-bond donors (Lipinski definition) is 0. The quantitative estimate of drug-likeness (QED) is 0.0823. The molecule has 0 spiro atoms. The van der Waals surface area contributed by atoms with Crippen LogP contribution in [0, 0.1) is 11.8 Å². The Balaban J connectivity index is 4.83. The summed E-state index contributed by atoms with van der Waals surface area (Å²) in [6.45, 7) is 10.8. The first kappa shape index (κ1) is 33.2. The molecule has 0 amide bonds. The Bertz CT molecular complexity index is 443. The first-order valence-electron chi connectivity index (χ1n) is 15.7. The summed E-state index contributed by atoms with van der Waals surface area (Å²) in [5.41, 5.74) is 0. The Labute approximate surface area is 217 Å². The van der Waals surface area contributed by atoms with Gasteiger partial charge in [-0.05, 0) is 56.8 Å². The minimum Gasteiger partial charge on any atom is -0.103 e. The van der Waals surface area contributed by atoms with Crippen molar-refractivity contribution in [1.82, 2.24) is 0 Å². The fourth-order valence-electron chi connectivity index (χ4n) is 5.01. The lowest BCUT2D eigenvalue weighted by Gasteiger charge is -2.23. The van der Waals surface area contributed by atoms with Gasteiger partial charge in [-0.25, -0.2) is 0 Å². The van der Waals surface area contributed by atoms with Crippen molar-refractivity contribution in [1.29, 1.82) is 0 Å². The highest BCUT2D eigenvalue weighted by Crippen LogP contribution is 2.28. The fourth-order valence-corrected chi connectivity index (χ4v) is 5.01. The lowest BCUT2D eigenvalue weighted by molar-refractivity contribution is 0.384. The average molecular weight is 473 g/mol. The molecule has 0 heterocycles. The summed E-state index contributed by atoms with van der Waals surface area (Å²) in [7, 11) is 0. The normalized spacial score (nSPS) is 13.7. The molecule has 0 nitrogen and oxygen atoms in total. The van der Waals surface area contributed by atoms with Crippen molar-refractivity contribution in [2.24, 2.45) is 11.8 Å². The maximum atomic E-state index is 3.88. The smallest absolute Gasteiger partial charge is 0.0171 e. The van der Waals surface area contributed by atoms with E-state index in [9.17, 15) is 0 Å². The Kier molecular flexibility index (Phi) is 27.8. The first-order chi connectivity index (χ1) is 16.8. The van der Waals surface area contributed by atoms with Gasteiger partial charge in [0.1, 0.15) is 0 Å². The van der Waals surface area contributed by atoms with Gasteiger partial charge in [-0.15, -0.1) is 6.58 Å². The summed E-state index contributed by atoms with van der Waals surface area (Å²) < 4.78 is 0. The molecule has 0 rings (SSSR count). The average Bonchev–Trinajstić information content (AvgIpc) is 2.85. The van der Waals surface area contributed by atoms with Gasteiger partial charge >= 0.3 is 0 Å². The van der Waals surface area contributed by atoms with Crippen LogP contribution >= 0.6 is 0 Å². The zero-order valence-electron chi connectivity index (χ0n) is 24.0. The summed E-state index contributed by atoms with van der Waals surface area (Å²) in [6, 6.07) is 0. The lowest BCUT2D eigenvalue weighted by Crippen LogP contribution is -2.11. The van der Waals surface area contributed by atoms with Crippen LogP contribution in [0.25, 0.3) is 0 Å². The molecule has 2 atom stereocenters. The molecular weight excluding hydrogens is 408 g/mol. The molecule has 0 aromatic heterocycles. The Morgan fingerprint density at radius 2 is 0.824 bits per heavy atom. The molecule has 2 unspecified atom stereocenters. The third kappa shape index (κ3) is 23.0. The SMILES string of the molecule is C=CCCCC=CC(CCCCCCCCC)C(C=CCCCCC)CCCCCCCCC. The van der Waals surface area contributed by atoms with Crippen LogP contribution in [-0.4, -0.2) is 0 Å². The van der Waals surface area contributed by atoms with Gasteiger partial charge in [-0.1, -0.05) is 154 Å². The van der Waals surface area contributed by atoms with Gasteiger partial charge in [0.15, 0.2) is 0 Å². The molecule has 0 aliphatic carbocycles. The van der Waals surface area contributed by atoms with E-state index < -0.39 is 0 Å². The minimum atomic E-state index is 0.738. The number of allylic oxidation sites excluding steroid dienone is 5. The van der Waals surface area contributed by atoms with Crippen LogP contribution in [0.4, 0.5) is 0 Å². The van der Waals surface area contributed by atoms with Crippen LogP contribution in [0.3, 0.4) is 0 Å². The van der Waals surface area contributed by atoms with Crippen molar-refractivity contribution in [2.75, 3.05) is 0 Å². The van der Waals surface area contributed by atoms with Crippen molar-refractivity contribution in [3.63, 3.8) is 0 Å². The summed E-state index contributed by atoms with van der Waals surface area (Å²) in [5.74, 6) is 1.48. The van der Waals surface area contributed by atoms with E-state index >= 15 is 0 Å². The molecule has 0 heteroatoms. The topological polar surface area (TPSA) is 0 Å². The van der Waals surface area contributed by atoms with E-state index in [0.717, 1.165) is 18.3 Å². The van der Waals surface area contributed by atoms with Gasteiger partial charge < -0.3 is 0 Å². The molecule has 0 saturated heterocycles. The Morgan fingerprint density at radius 1 is 0.441 bits per heavy atom. The van der Waals surface area contributed by atoms with Crippen LogP contribution in [0.2, 0.25) is 0 Å². The van der Waals surface area contributed by atoms with E-state index in [1.165, 1.54) is 141 Å². The maximum Gasteiger partial charge on any atom is -0.0171 e. The highest BCUT2D eigenvalue weighted by Gasteiger charge is 2.16. The monoisotopic (exact) mass is 473 g/mol. The molecule has 0 saturated carbocycles. The van der Waals surface area contributed by atoms with Crippen LogP contribution in [-0.2, 0) is 0 Å². The van der Waals surface area contributed by atoms with Crippen molar-refractivity contribution in [2.45, 2.75) is 168 Å². The van der Waals surface area contributed by atoms with Crippen LogP contribution < -0.4 is 0 Å². The molecule has 34 heavy (non-hydrogen) atoms. The number of unbranched alkanes of at least 4 members (excludes halogenated alkanes) is 17. The van der Waals surface area contributed by atoms with E-state index in [2.05, 4.69) is 57.7 Å². The molecule has 0 radical (unpaired) electrons. The predicted octanol–water partition coefficient (Wildman–Crippen LogP) is 12.5. The molecular formula is C34H64. The molecule has 0 aromatic rings. The number of rotatable bonds is 27. The summed E-state index contributed by atoms with van der Waals surface area (Å²) >= 11 is 0. The summed E-state index contributed by atoms with van der Waals surface area (Å²) in [6.07, 6.45) is 43.9. The second-order valence-corrected chi connectivity index (χ2v) is 10.7. The van der Waals surface area contributed by atoms with Gasteiger partial charge in [0.25, 0.3) is 0 Å². The van der Waals surface area contributed by atoms with Crippen LogP contribution in [0.1, 0.15) is 168 Å². The fraction of sp³-hybridized carbons (Fsp3) is 0.824. The standard InChI is InChI=1S/C34H64/c1-5-9-13-17-19-23-27-31-33(29-25-21-15-11-7-3)34(30-26-22-16-12-8-4)32-28-24-20-18-14-10-6-2/h7,25-26,29-30,33-34H,3,5-6,8-24,27-28,31-32H2,1-2,4H3. The third-order valence-corrected chi connectivity index (χ3v) is 7.35. The Hall–Kier alpha value is -0.780. The zero-order valence-corrected chi connectivity index (χ0v) is 24.0. The molecule has 0 aliphatic rings. The molecule has 0 aliphatic heterocycles. The first-order valence-corrected chi connectivity index (χ1v) is 15.7. The predicted molar refractivity (Wildman–Crippen MR) is 159 cm³/mol. The van der Waals surface area contributed by atoms with E-state index in [4.69, 9.17) is 0 Å². The van der Waals surface area contributed by atoms with Crippen LogP contribution in [0.15, 0.2) is 37.0 Å². The van der Waals surface area contributed by atoms with E-state index in [1.54, 1.807) is 0 Å². The highest BCUT2D eigenvalue weighted by atomic mass is 14.2. The largest absolute Gasteiger partial charge is 0.103 e. The highest BCUT2D eigenvalue weighted by molar-refractivity contribution is 5.00. The van der Waals surface area contributed by atoms with Crippen LogP contribution in [0.5, 0.6) is 0 Å². The summed E-state index contributed by atoms with van der Waals surface area (Å²) in [5, 5.41) is 0. The second-order valence-electron chi connectivity index (χ2n) is 10.7. The van der Waals surface area contributed by atoms with E-state index in [1.807, 2.05) is 0 Å². The van der Waals surface area contributed by atoms with Crippen molar-refractivity contribution >= 4 is 0 Å². The molecule has 0 fully saturated rings. The molecule has 0 N–H and O–H groups in total. The maximum absolute atomic E-state index is 3.88. The van der Waals surface area contributed by atoms with Gasteiger partial charge in [0, 0.05) is 0 Å². The van der Waals surface area contributed by atoms with Gasteiger partial charge in [0.2, 0.25) is 0 Å². The summed E-state index contributed by atoms with van der Waals surface area (Å²) in [4.78, 5) is 0. The van der Waals surface area contributed by atoms with Crippen molar-refractivity contribution in [3.05, 3.63) is 37.0 Å². The lowest BCUT2D eigenvalue weighted by atomic mass is 9.82. The minimum absolute atomic E-state index is 0.738. The Morgan fingerprint density at radius 3 is 1.26 bits per heavy atom. The molecule has 200 valence electrons. The van der Waals surface area contributed by atoms with Gasteiger partial charge in [-0.3, -0.25) is 0 Å². The zero-order chi connectivity index (χ0) is 25.0. The van der Waals surface area contributed by atoms with E-state index in [0.29, 0.717) is 0 Å². The van der Waals surface area contributed by atoms with E-state index in [-0.39, 0.29) is 0 Å². The second kappa shape index (κ2) is 28.5. The molecule has 0 bridgehead atoms. The third-order valence-electron chi connectivity index (χ3n) is 7.35. The number of hydrogen-bond acceptors (Lipinski definition) is 0. The van der Waals surface area contributed by atoms with Gasteiger partial charge in [0.05, 0.1) is 0 Å². The van der Waals surface area contributed by atoms with Crippen molar-refractivity contribution < 1.29 is 0 Å². The molecule has 0 aromatic carbocycles. The van der Waals surface area contributed by atoms with Gasteiger partial charge in [-0.2, -0.15) is 0 Å². The van der Waals surface area contributed by atoms with Crippen molar-refractivity contribution in [3.8, 4) is 0 Å².